The van der Waals surface area contributed by atoms with E-state index in [0.717, 1.165) is 4.47 Å². The molecule has 6 nitrogen and oxygen atoms in total. The van der Waals surface area contributed by atoms with Crippen molar-refractivity contribution in [3.8, 4) is 5.75 Å². The molecule has 1 saturated heterocycles. The minimum atomic E-state index is -3.58. The number of methoxy groups -OCH3 is 1. The first kappa shape index (κ1) is 16.5. The summed E-state index contributed by atoms with van der Waals surface area (Å²) in [6, 6.07) is 5.06. The molecule has 0 bridgehead atoms. The van der Waals surface area contributed by atoms with Crippen molar-refractivity contribution in [1.82, 2.24) is 4.31 Å². The maximum Gasteiger partial charge on any atom is 0.301 e. The molecule has 2 rings (SSSR count). The van der Waals surface area contributed by atoms with Gasteiger partial charge in [0.25, 0.3) is 0 Å². The molecule has 0 aliphatic carbocycles. The zero-order valence-corrected chi connectivity index (χ0v) is 14.2. The predicted molar refractivity (Wildman–Crippen MR) is 84.6 cm³/mol. The van der Waals surface area contributed by atoms with Crippen LogP contribution in [-0.2, 0) is 10.2 Å². The molecule has 1 aliphatic rings. The Morgan fingerprint density at radius 3 is 2.62 bits per heavy atom. The second-order valence-corrected chi connectivity index (χ2v) is 7.60. The van der Waals surface area contributed by atoms with Gasteiger partial charge in [0, 0.05) is 30.2 Å². The van der Waals surface area contributed by atoms with Gasteiger partial charge in [-0.1, -0.05) is 15.9 Å². The first-order valence-corrected chi connectivity index (χ1v) is 8.91. The highest BCUT2D eigenvalue weighted by atomic mass is 79.9. The molecule has 1 heterocycles. The van der Waals surface area contributed by atoms with Crippen molar-refractivity contribution in [3.05, 3.63) is 22.7 Å². The van der Waals surface area contributed by atoms with Crippen LogP contribution in [0.1, 0.15) is 12.8 Å². The Bertz CT molecular complexity index is 586. The summed E-state index contributed by atoms with van der Waals surface area (Å²) in [5, 5.41) is 9.10. The number of anilines is 1. The SMILES string of the molecule is COc1cc(Br)cc(NS(=O)(=O)N2CCC(CO)CC2)c1. The van der Waals surface area contributed by atoms with Crippen LogP contribution in [0.25, 0.3) is 0 Å². The third kappa shape index (κ3) is 4.32. The first-order valence-electron chi connectivity index (χ1n) is 6.68. The van der Waals surface area contributed by atoms with Crippen LogP contribution in [0.2, 0.25) is 0 Å². The number of aliphatic hydroxyl groups excluding tert-OH is 1. The molecule has 1 aliphatic heterocycles. The molecule has 1 aromatic rings. The van der Waals surface area contributed by atoms with Gasteiger partial charge in [-0.15, -0.1) is 0 Å². The molecule has 2 N–H and O–H groups in total. The highest BCUT2D eigenvalue weighted by molar-refractivity contribution is 9.10. The molecule has 0 aromatic heterocycles. The third-order valence-corrected chi connectivity index (χ3v) is 5.52. The number of benzene rings is 1. The summed E-state index contributed by atoms with van der Waals surface area (Å²) >= 11 is 3.32. The molecule has 0 unspecified atom stereocenters. The van der Waals surface area contributed by atoms with Crippen molar-refractivity contribution in [2.24, 2.45) is 5.92 Å². The van der Waals surface area contributed by atoms with Crippen LogP contribution in [0, 0.1) is 5.92 Å². The molecule has 1 aromatic carbocycles. The van der Waals surface area contributed by atoms with Crippen LogP contribution in [-0.4, -0.2) is 44.6 Å². The number of ether oxygens (including phenoxy) is 1. The number of halogens is 1. The summed E-state index contributed by atoms with van der Waals surface area (Å²) in [5.41, 5.74) is 0.450. The molecule has 0 saturated carbocycles. The lowest BCUT2D eigenvalue weighted by Gasteiger charge is -2.30. The number of nitrogens with zero attached hydrogens (tertiary/aromatic N) is 1. The van der Waals surface area contributed by atoms with Gasteiger partial charge in [0.15, 0.2) is 0 Å². The standard InChI is InChI=1S/C13H19BrN2O4S/c1-20-13-7-11(14)6-12(8-13)15-21(18,19)16-4-2-10(9-17)3-5-16/h6-8,10,15,17H,2-5,9H2,1H3. The maximum atomic E-state index is 12.4. The minimum absolute atomic E-state index is 0.115. The average Bonchev–Trinajstić information content (AvgIpc) is 2.46. The van der Waals surface area contributed by atoms with Crippen molar-refractivity contribution in [3.63, 3.8) is 0 Å². The third-order valence-electron chi connectivity index (χ3n) is 3.53. The normalized spacial score (nSPS) is 17.7. The van der Waals surface area contributed by atoms with Crippen molar-refractivity contribution in [1.29, 1.82) is 0 Å². The van der Waals surface area contributed by atoms with E-state index in [4.69, 9.17) is 9.84 Å². The van der Waals surface area contributed by atoms with E-state index in [2.05, 4.69) is 20.7 Å². The Hall–Kier alpha value is -0.830. The fourth-order valence-electron chi connectivity index (χ4n) is 2.29. The van der Waals surface area contributed by atoms with E-state index in [9.17, 15) is 8.42 Å². The van der Waals surface area contributed by atoms with E-state index in [0.29, 0.717) is 37.4 Å². The summed E-state index contributed by atoms with van der Waals surface area (Å²) < 4.78 is 34.5. The number of hydrogen-bond donors (Lipinski definition) is 2. The number of nitrogens with one attached hydrogen (secondary N) is 1. The molecule has 0 amide bonds. The number of hydrogen-bond acceptors (Lipinski definition) is 4. The average molecular weight is 379 g/mol. The molecule has 0 spiro atoms. The van der Waals surface area contributed by atoms with Crippen molar-refractivity contribution in [2.45, 2.75) is 12.8 Å². The largest absolute Gasteiger partial charge is 0.497 e. The monoisotopic (exact) mass is 378 g/mol. The summed E-state index contributed by atoms with van der Waals surface area (Å²) in [4.78, 5) is 0. The zero-order valence-electron chi connectivity index (χ0n) is 11.8. The molecule has 118 valence electrons. The van der Waals surface area contributed by atoms with Gasteiger partial charge in [-0.05, 0) is 30.9 Å². The smallest absolute Gasteiger partial charge is 0.301 e. The van der Waals surface area contributed by atoms with E-state index < -0.39 is 10.2 Å². The second-order valence-electron chi connectivity index (χ2n) is 5.01. The van der Waals surface area contributed by atoms with E-state index in [1.165, 1.54) is 11.4 Å². The molecule has 0 atom stereocenters. The van der Waals surface area contributed by atoms with Crippen LogP contribution in [0.15, 0.2) is 22.7 Å². The lowest BCUT2D eigenvalue weighted by atomic mass is 10.00. The van der Waals surface area contributed by atoms with Gasteiger partial charge in [-0.25, -0.2) is 0 Å². The number of aliphatic hydroxyl groups is 1. The first-order chi connectivity index (χ1) is 9.94. The highest BCUT2D eigenvalue weighted by Gasteiger charge is 2.27. The lowest BCUT2D eigenvalue weighted by Crippen LogP contribution is -2.42. The van der Waals surface area contributed by atoms with Crippen molar-refractivity contribution < 1.29 is 18.3 Å². The number of piperidine rings is 1. The van der Waals surface area contributed by atoms with Gasteiger partial charge in [0.05, 0.1) is 12.8 Å². The Kier molecular flexibility index (Phi) is 5.48. The summed E-state index contributed by atoms with van der Waals surface area (Å²) in [5.74, 6) is 0.767. The maximum absolute atomic E-state index is 12.4. The molecule has 8 heteroatoms. The van der Waals surface area contributed by atoms with Crippen LogP contribution < -0.4 is 9.46 Å². The van der Waals surface area contributed by atoms with Gasteiger partial charge < -0.3 is 9.84 Å². The quantitative estimate of drug-likeness (QED) is 0.818. The summed E-state index contributed by atoms with van der Waals surface area (Å²) in [6.07, 6.45) is 1.36. The van der Waals surface area contributed by atoms with E-state index >= 15 is 0 Å². The Labute approximate surface area is 133 Å². The van der Waals surface area contributed by atoms with Gasteiger partial charge in [0.2, 0.25) is 0 Å². The lowest BCUT2D eigenvalue weighted by molar-refractivity contribution is 0.170. The van der Waals surface area contributed by atoms with E-state index in [-0.39, 0.29) is 12.5 Å². The number of rotatable bonds is 5. The van der Waals surface area contributed by atoms with Crippen LogP contribution >= 0.6 is 15.9 Å². The Morgan fingerprint density at radius 2 is 2.05 bits per heavy atom. The minimum Gasteiger partial charge on any atom is -0.497 e. The van der Waals surface area contributed by atoms with Crippen molar-refractivity contribution >= 4 is 31.8 Å². The second kappa shape index (κ2) is 6.95. The Morgan fingerprint density at radius 1 is 1.38 bits per heavy atom. The molecule has 21 heavy (non-hydrogen) atoms. The van der Waals surface area contributed by atoms with Gasteiger partial charge >= 0.3 is 10.2 Å². The highest BCUT2D eigenvalue weighted by Crippen LogP contribution is 2.26. The molecule has 1 fully saturated rings. The van der Waals surface area contributed by atoms with Crippen LogP contribution in [0.3, 0.4) is 0 Å². The predicted octanol–water partition coefficient (Wildman–Crippen LogP) is 1.82. The van der Waals surface area contributed by atoms with E-state index in [1.807, 2.05) is 0 Å². The zero-order chi connectivity index (χ0) is 15.5. The van der Waals surface area contributed by atoms with Gasteiger partial charge in [-0.2, -0.15) is 12.7 Å². The van der Waals surface area contributed by atoms with Crippen LogP contribution in [0.5, 0.6) is 5.75 Å². The Balaban J connectivity index is 2.09. The van der Waals surface area contributed by atoms with E-state index in [1.54, 1.807) is 18.2 Å². The molecule has 0 radical (unpaired) electrons. The van der Waals surface area contributed by atoms with Gasteiger partial charge in [0.1, 0.15) is 5.75 Å². The molecular formula is C13H19BrN2O4S. The van der Waals surface area contributed by atoms with Crippen molar-refractivity contribution in [2.75, 3.05) is 31.5 Å². The van der Waals surface area contributed by atoms with Gasteiger partial charge in [-0.3, -0.25) is 4.72 Å². The summed E-state index contributed by atoms with van der Waals surface area (Å²) in [6.45, 7) is 0.960. The summed E-state index contributed by atoms with van der Waals surface area (Å²) in [7, 11) is -2.06. The molecular weight excluding hydrogens is 360 g/mol. The topological polar surface area (TPSA) is 78.9 Å². The van der Waals surface area contributed by atoms with Crippen LogP contribution in [0.4, 0.5) is 5.69 Å². The fraction of sp³-hybridized carbons (Fsp3) is 0.538. The fourth-order valence-corrected chi connectivity index (χ4v) is 3.99.